The molecule has 4 nitrogen and oxygen atoms in total. The Labute approximate surface area is 147 Å². The normalized spacial score (nSPS) is 23.3. The molecule has 0 bridgehead atoms. The molecule has 2 aromatic rings. The molecule has 0 aromatic heterocycles. The molecule has 1 amide bonds. The molecule has 1 fully saturated rings. The van der Waals surface area contributed by atoms with Gasteiger partial charge in [0.1, 0.15) is 12.4 Å². The number of aryl methyl sites for hydroxylation is 1. The van der Waals surface area contributed by atoms with Crippen molar-refractivity contribution in [2.75, 3.05) is 13.2 Å². The van der Waals surface area contributed by atoms with Gasteiger partial charge in [-0.05, 0) is 36.5 Å². The zero-order chi connectivity index (χ0) is 17.3. The van der Waals surface area contributed by atoms with E-state index in [1.54, 1.807) is 0 Å². The summed E-state index contributed by atoms with van der Waals surface area (Å²) < 4.78 is 5.53. The van der Waals surface area contributed by atoms with Gasteiger partial charge < -0.3 is 15.2 Å². The van der Waals surface area contributed by atoms with Crippen LogP contribution in [0.2, 0.25) is 0 Å². The molecule has 2 aliphatic carbocycles. The number of nitrogens with one attached hydrogen (secondary N) is 1. The zero-order valence-electron chi connectivity index (χ0n) is 14.2. The summed E-state index contributed by atoms with van der Waals surface area (Å²) in [5.41, 5.74) is 3.79. The van der Waals surface area contributed by atoms with Crippen LogP contribution in [0.4, 0.5) is 0 Å². The number of amides is 1. The van der Waals surface area contributed by atoms with Crippen molar-refractivity contribution in [1.29, 1.82) is 0 Å². The molecule has 1 saturated carbocycles. The number of benzene rings is 2. The van der Waals surface area contributed by atoms with E-state index in [0.717, 1.165) is 24.8 Å². The Hall–Kier alpha value is -2.33. The number of fused-ring (bicyclic) bond motifs is 2. The van der Waals surface area contributed by atoms with Gasteiger partial charge in [-0.1, -0.05) is 42.5 Å². The van der Waals surface area contributed by atoms with Crippen LogP contribution in [-0.4, -0.2) is 24.2 Å². The number of carbonyl (C=O) groups excluding carboxylic acids is 1. The Morgan fingerprint density at radius 2 is 2.00 bits per heavy atom. The molecular weight excluding hydrogens is 314 g/mol. The number of para-hydroxylation sites is 1. The largest absolute Gasteiger partial charge is 0.491 e. The van der Waals surface area contributed by atoms with Gasteiger partial charge in [0.15, 0.2) is 0 Å². The molecule has 1 spiro atoms. The lowest BCUT2D eigenvalue weighted by molar-refractivity contribution is -0.122. The molecular formula is C21H23NO3. The first-order chi connectivity index (χ1) is 12.2. The Morgan fingerprint density at radius 1 is 1.20 bits per heavy atom. The fourth-order valence-corrected chi connectivity index (χ4v) is 4.19. The molecule has 0 heterocycles. The lowest BCUT2D eigenvalue weighted by atomic mass is 9.95. The number of hydrogen-bond donors (Lipinski definition) is 2. The van der Waals surface area contributed by atoms with Crippen LogP contribution in [0.15, 0.2) is 48.5 Å². The summed E-state index contributed by atoms with van der Waals surface area (Å²) in [5.74, 6) is 0.934. The quantitative estimate of drug-likeness (QED) is 0.852. The van der Waals surface area contributed by atoms with Crippen molar-refractivity contribution < 1.29 is 14.6 Å². The third kappa shape index (κ3) is 2.91. The smallest absolute Gasteiger partial charge is 0.224 e. The topological polar surface area (TPSA) is 58.6 Å². The fraction of sp³-hybridized carbons (Fsp3) is 0.381. The second-order valence-electron chi connectivity index (χ2n) is 6.97. The number of rotatable bonds is 6. The summed E-state index contributed by atoms with van der Waals surface area (Å²) in [7, 11) is 0. The number of aliphatic hydroxyl groups excluding tert-OH is 1. The van der Waals surface area contributed by atoms with Crippen molar-refractivity contribution in [3.8, 4) is 5.75 Å². The Kier molecular flexibility index (Phi) is 4.22. The van der Waals surface area contributed by atoms with Crippen molar-refractivity contribution in [2.24, 2.45) is 5.92 Å². The predicted octanol–water partition coefficient (Wildman–Crippen LogP) is 2.58. The van der Waals surface area contributed by atoms with Crippen molar-refractivity contribution in [1.82, 2.24) is 5.32 Å². The third-order valence-electron chi connectivity index (χ3n) is 5.56. The predicted molar refractivity (Wildman–Crippen MR) is 95.4 cm³/mol. The summed E-state index contributed by atoms with van der Waals surface area (Å²) >= 11 is 0. The Bertz CT molecular complexity index is 788. The first kappa shape index (κ1) is 16.2. The molecule has 25 heavy (non-hydrogen) atoms. The van der Waals surface area contributed by atoms with E-state index in [2.05, 4.69) is 29.6 Å². The maximum Gasteiger partial charge on any atom is 0.224 e. The van der Waals surface area contributed by atoms with Crippen LogP contribution in [0.1, 0.15) is 29.5 Å². The average molecular weight is 337 g/mol. The van der Waals surface area contributed by atoms with E-state index in [9.17, 15) is 4.79 Å². The van der Waals surface area contributed by atoms with Gasteiger partial charge in [0.25, 0.3) is 0 Å². The molecule has 2 N–H and O–H groups in total. The molecule has 0 unspecified atom stereocenters. The van der Waals surface area contributed by atoms with E-state index in [1.807, 2.05) is 24.3 Å². The Morgan fingerprint density at radius 3 is 2.88 bits per heavy atom. The molecule has 0 aliphatic heterocycles. The maximum absolute atomic E-state index is 12.7. The standard InChI is InChI=1S/C21H23NO3/c23-11-12-25-19-8-4-2-6-16(19)14-22-20(24)18-13-21(18)10-9-15-5-1-3-7-17(15)21/h1-8,18,23H,9-14H2,(H,22,24)/t18-,21-/m1/s1. The van der Waals surface area contributed by atoms with Crippen LogP contribution in [0.5, 0.6) is 5.75 Å². The lowest BCUT2D eigenvalue weighted by Gasteiger charge is -2.13. The maximum atomic E-state index is 12.7. The van der Waals surface area contributed by atoms with Crippen molar-refractivity contribution in [3.05, 3.63) is 65.2 Å². The highest BCUT2D eigenvalue weighted by molar-refractivity contribution is 5.85. The first-order valence-electron chi connectivity index (χ1n) is 8.92. The summed E-state index contributed by atoms with van der Waals surface area (Å²) in [6.45, 7) is 0.687. The highest BCUT2D eigenvalue weighted by Crippen LogP contribution is 2.61. The second kappa shape index (κ2) is 6.52. The summed E-state index contributed by atoms with van der Waals surface area (Å²) in [6.07, 6.45) is 3.12. The zero-order valence-corrected chi connectivity index (χ0v) is 14.2. The highest BCUT2D eigenvalue weighted by Gasteiger charge is 2.61. The SMILES string of the molecule is O=C(NCc1ccccc1OCCO)[C@H]1C[C@@]12CCc1ccccc12. The van der Waals surface area contributed by atoms with Crippen LogP contribution in [0.25, 0.3) is 0 Å². The average Bonchev–Trinajstić information content (AvgIpc) is 3.27. The number of aliphatic hydroxyl groups is 1. The molecule has 4 heteroatoms. The molecule has 2 atom stereocenters. The summed E-state index contributed by atoms with van der Waals surface area (Å²) in [4.78, 5) is 12.7. The monoisotopic (exact) mass is 337 g/mol. The van der Waals surface area contributed by atoms with Gasteiger partial charge in [-0.2, -0.15) is 0 Å². The van der Waals surface area contributed by atoms with Crippen molar-refractivity contribution >= 4 is 5.91 Å². The number of carbonyl (C=O) groups is 1. The molecule has 2 aromatic carbocycles. The number of ether oxygens (including phenoxy) is 1. The fourth-order valence-electron chi connectivity index (χ4n) is 4.19. The second-order valence-corrected chi connectivity index (χ2v) is 6.97. The minimum Gasteiger partial charge on any atom is -0.491 e. The van der Waals surface area contributed by atoms with Gasteiger partial charge >= 0.3 is 0 Å². The van der Waals surface area contributed by atoms with Crippen molar-refractivity contribution in [3.63, 3.8) is 0 Å². The molecule has 0 radical (unpaired) electrons. The van der Waals surface area contributed by atoms with Gasteiger partial charge in [-0.15, -0.1) is 0 Å². The van der Waals surface area contributed by atoms with E-state index in [4.69, 9.17) is 9.84 Å². The molecule has 0 saturated heterocycles. The van der Waals surface area contributed by atoms with Crippen LogP contribution < -0.4 is 10.1 Å². The van der Waals surface area contributed by atoms with Gasteiger partial charge in [0, 0.05) is 23.4 Å². The lowest BCUT2D eigenvalue weighted by Crippen LogP contribution is -2.27. The van der Waals surface area contributed by atoms with Crippen LogP contribution >= 0.6 is 0 Å². The minimum atomic E-state index is -0.0231. The van der Waals surface area contributed by atoms with Gasteiger partial charge in [0.2, 0.25) is 5.91 Å². The summed E-state index contributed by atoms with van der Waals surface area (Å²) in [5, 5.41) is 12.0. The van der Waals surface area contributed by atoms with E-state index >= 15 is 0 Å². The summed E-state index contributed by atoms with van der Waals surface area (Å²) in [6, 6.07) is 16.2. The molecule has 4 rings (SSSR count). The Balaban J connectivity index is 1.40. The minimum absolute atomic E-state index is 0.0231. The molecule has 130 valence electrons. The highest BCUT2D eigenvalue weighted by atomic mass is 16.5. The van der Waals surface area contributed by atoms with Crippen LogP contribution in [0.3, 0.4) is 0 Å². The van der Waals surface area contributed by atoms with Gasteiger partial charge in [-0.25, -0.2) is 0 Å². The molecule has 2 aliphatic rings. The van der Waals surface area contributed by atoms with Gasteiger partial charge in [0.05, 0.1) is 6.61 Å². The van der Waals surface area contributed by atoms with E-state index in [1.165, 1.54) is 11.1 Å². The third-order valence-corrected chi connectivity index (χ3v) is 5.56. The van der Waals surface area contributed by atoms with E-state index in [-0.39, 0.29) is 30.5 Å². The number of hydrogen-bond acceptors (Lipinski definition) is 3. The van der Waals surface area contributed by atoms with Crippen molar-refractivity contribution in [2.45, 2.75) is 31.2 Å². The van der Waals surface area contributed by atoms with E-state index < -0.39 is 0 Å². The van der Waals surface area contributed by atoms with Gasteiger partial charge in [-0.3, -0.25) is 4.79 Å². The van der Waals surface area contributed by atoms with Crippen LogP contribution in [0, 0.1) is 5.92 Å². The first-order valence-corrected chi connectivity index (χ1v) is 8.92. The van der Waals surface area contributed by atoms with Crippen LogP contribution in [-0.2, 0) is 23.2 Å². The van der Waals surface area contributed by atoms with E-state index in [0.29, 0.717) is 12.3 Å².